The number of aryl methyl sites for hydroxylation is 1. The average Bonchev–Trinajstić information content (AvgIpc) is 2.90. The number of ether oxygens (including phenoxy) is 2. The molecule has 6 heteroatoms. The van der Waals surface area contributed by atoms with Gasteiger partial charge in [-0.2, -0.15) is 0 Å². The number of amides is 1. The molecule has 2 rings (SSSR count). The Morgan fingerprint density at radius 2 is 2.20 bits per heavy atom. The molecule has 0 radical (unpaired) electrons. The maximum atomic E-state index is 11.8. The van der Waals surface area contributed by atoms with Crippen LogP contribution in [0, 0.1) is 6.92 Å². The molecule has 0 aliphatic carbocycles. The lowest BCUT2D eigenvalue weighted by atomic mass is 10.3. The summed E-state index contributed by atoms with van der Waals surface area (Å²) < 4.78 is 10.6. The van der Waals surface area contributed by atoms with Crippen molar-refractivity contribution in [3.05, 3.63) is 40.3 Å². The molecular formula is C14H16N2O3S. The summed E-state index contributed by atoms with van der Waals surface area (Å²) in [6.07, 6.45) is 1.58. The molecule has 0 aliphatic heterocycles. The minimum atomic E-state index is -0.121. The molecule has 106 valence electrons. The molecule has 20 heavy (non-hydrogen) atoms. The fourth-order valence-corrected chi connectivity index (χ4v) is 2.27. The van der Waals surface area contributed by atoms with E-state index in [4.69, 9.17) is 9.47 Å². The second-order valence-corrected chi connectivity index (χ2v) is 5.26. The standard InChI is InChI=1S/C14H16N2O3S/c1-10-16-9-13(20-10)14(17)15-6-7-19-12-5-3-4-11(8-12)18-2/h3-5,8-9H,6-7H2,1-2H3,(H,15,17). The third-order valence-corrected chi connectivity index (χ3v) is 3.45. The van der Waals surface area contributed by atoms with E-state index in [1.165, 1.54) is 11.3 Å². The average molecular weight is 292 g/mol. The highest BCUT2D eigenvalue weighted by Gasteiger charge is 2.07. The quantitative estimate of drug-likeness (QED) is 0.830. The first-order chi connectivity index (χ1) is 9.69. The zero-order valence-electron chi connectivity index (χ0n) is 11.4. The van der Waals surface area contributed by atoms with E-state index in [0.717, 1.165) is 10.8 Å². The molecule has 0 fully saturated rings. The van der Waals surface area contributed by atoms with Gasteiger partial charge in [0.05, 0.1) is 24.9 Å². The summed E-state index contributed by atoms with van der Waals surface area (Å²) >= 11 is 1.37. The Morgan fingerprint density at radius 3 is 2.90 bits per heavy atom. The molecule has 0 bridgehead atoms. The molecule has 1 aromatic carbocycles. The molecule has 1 amide bonds. The topological polar surface area (TPSA) is 60.5 Å². The maximum absolute atomic E-state index is 11.8. The molecule has 5 nitrogen and oxygen atoms in total. The Kier molecular flexibility index (Phi) is 4.95. The van der Waals surface area contributed by atoms with Gasteiger partial charge in [-0.15, -0.1) is 11.3 Å². The second kappa shape index (κ2) is 6.91. The zero-order chi connectivity index (χ0) is 14.4. The second-order valence-electron chi connectivity index (χ2n) is 4.03. The smallest absolute Gasteiger partial charge is 0.263 e. The van der Waals surface area contributed by atoms with Crippen LogP contribution in [-0.4, -0.2) is 31.2 Å². The van der Waals surface area contributed by atoms with Gasteiger partial charge in [-0.1, -0.05) is 6.07 Å². The lowest BCUT2D eigenvalue weighted by Crippen LogP contribution is -2.27. The Balaban J connectivity index is 1.74. The van der Waals surface area contributed by atoms with E-state index in [1.54, 1.807) is 19.4 Å². The summed E-state index contributed by atoms with van der Waals surface area (Å²) in [6.45, 7) is 2.71. The fraction of sp³-hybridized carbons (Fsp3) is 0.286. The SMILES string of the molecule is COc1cccc(OCCNC(=O)c2cnc(C)s2)c1. The van der Waals surface area contributed by atoms with E-state index in [2.05, 4.69) is 10.3 Å². The van der Waals surface area contributed by atoms with Crippen molar-refractivity contribution in [3.63, 3.8) is 0 Å². The third kappa shape index (κ3) is 3.96. The van der Waals surface area contributed by atoms with Crippen LogP contribution in [0.4, 0.5) is 0 Å². The minimum absolute atomic E-state index is 0.121. The van der Waals surface area contributed by atoms with Gasteiger partial charge in [0.15, 0.2) is 0 Å². The van der Waals surface area contributed by atoms with Crippen LogP contribution < -0.4 is 14.8 Å². The first-order valence-electron chi connectivity index (χ1n) is 6.16. The van der Waals surface area contributed by atoms with E-state index in [1.807, 2.05) is 25.1 Å². The summed E-state index contributed by atoms with van der Waals surface area (Å²) in [6, 6.07) is 7.35. The van der Waals surface area contributed by atoms with Crippen LogP contribution in [0.2, 0.25) is 0 Å². The monoisotopic (exact) mass is 292 g/mol. The van der Waals surface area contributed by atoms with Crippen molar-refractivity contribution in [3.8, 4) is 11.5 Å². The van der Waals surface area contributed by atoms with E-state index in [-0.39, 0.29) is 5.91 Å². The summed E-state index contributed by atoms with van der Waals surface area (Å²) in [5, 5.41) is 3.66. The molecule has 1 N–H and O–H groups in total. The Hall–Kier alpha value is -2.08. The maximum Gasteiger partial charge on any atom is 0.263 e. The largest absolute Gasteiger partial charge is 0.497 e. The first-order valence-corrected chi connectivity index (χ1v) is 6.98. The van der Waals surface area contributed by atoms with Gasteiger partial charge < -0.3 is 14.8 Å². The van der Waals surface area contributed by atoms with E-state index in [0.29, 0.717) is 23.8 Å². The Bertz CT molecular complexity index is 583. The lowest BCUT2D eigenvalue weighted by molar-refractivity contribution is 0.0951. The van der Waals surface area contributed by atoms with Gasteiger partial charge in [0, 0.05) is 6.07 Å². The number of nitrogens with zero attached hydrogens (tertiary/aromatic N) is 1. The number of rotatable bonds is 6. The molecule has 0 saturated heterocycles. The van der Waals surface area contributed by atoms with Crippen molar-refractivity contribution in [1.82, 2.24) is 10.3 Å². The van der Waals surface area contributed by atoms with E-state index >= 15 is 0 Å². The Labute approximate surface area is 121 Å². The van der Waals surface area contributed by atoms with Gasteiger partial charge in [-0.25, -0.2) is 4.98 Å². The van der Waals surface area contributed by atoms with Gasteiger partial charge in [-0.3, -0.25) is 4.79 Å². The van der Waals surface area contributed by atoms with Gasteiger partial charge in [0.1, 0.15) is 23.0 Å². The van der Waals surface area contributed by atoms with Crippen LogP contribution in [0.5, 0.6) is 11.5 Å². The summed E-state index contributed by atoms with van der Waals surface area (Å²) in [5.74, 6) is 1.34. The summed E-state index contributed by atoms with van der Waals surface area (Å²) in [5.41, 5.74) is 0. The third-order valence-electron chi connectivity index (χ3n) is 2.54. The van der Waals surface area contributed by atoms with Crippen molar-refractivity contribution in [2.45, 2.75) is 6.92 Å². The van der Waals surface area contributed by atoms with Gasteiger partial charge in [-0.05, 0) is 19.1 Å². The normalized spacial score (nSPS) is 10.1. The number of carbonyl (C=O) groups excluding carboxylic acids is 1. The molecule has 0 saturated carbocycles. The van der Waals surface area contributed by atoms with Crippen molar-refractivity contribution in [2.75, 3.05) is 20.3 Å². The molecule has 1 aromatic heterocycles. The molecule has 0 atom stereocenters. The molecule has 1 heterocycles. The predicted molar refractivity (Wildman–Crippen MR) is 77.7 cm³/mol. The van der Waals surface area contributed by atoms with Gasteiger partial charge >= 0.3 is 0 Å². The highest BCUT2D eigenvalue weighted by Crippen LogP contribution is 2.18. The summed E-state index contributed by atoms with van der Waals surface area (Å²) in [4.78, 5) is 16.4. The molecule has 0 aliphatic rings. The molecule has 0 unspecified atom stereocenters. The van der Waals surface area contributed by atoms with Crippen LogP contribution in [0.3, 0.4) is 0 Å². The van der Waals surface area contributed by atoms with Crippen molar-refractivity contribution in [1.29, 1.82) is 0 Å². The fourth-order valence-electron chi connectivity index (χ4n) is 1.58. The molecule has 0 spiro atoms. The van der Waals surface area contributed by atoms with Gasteiger partial charge in [0.2, 0.25) is 0 Å². The van der Waals surface area contributed by atoms with Crippen molar-refractivity contribution >= 4 is 17.2 Å². The van der Waals surface area contributed by atoms with Crippen LogP contribution in [0.15, 0.2) is 30.5 Å². The number of benzene rings is 1. The van der Waals surface area contributed by atoms with Crippen LogP contribution >= 0.6 is 11.3 Å². The number of methoxy groups -OCH3 is 1. The number of carbonyl (C=O) groups is 1. The van der Waals surface area contributed by atoms with Crippen LogP contribution in [-0.2, 0) is 0 Å². The zero-order valence-corrected chi connectivity index (χ0v) is 12.2. The highest BCUT2D eigenvalue weighted by atomic mass is 32.1. The van der Waals surface area contributed by atoms with Gasteiger partial charge in [0.25, 0.3) is 5.91 Å². The minimum Gasteiger partial charge on any atom is -0.497 e. The number of nitrogens with one attached hydrogen (secondary N) is 1. The molecule has 2 aromatic rings. The predicted octanol–water partition coefficient (Wildman–Crippen LogP) is 2.27. The first kappa shape index (κ1) is 14.3. The number of hydrogen-bond donors (Lipinski definition) is 1. The highest BCUT2D eigenvalue weighted by molar-refractivity contribution is 7.13. The van der Waals surface area contributed by atoms with Crippen molar-refractivity contribution < 1.29 is 14.3 Å². The summed E-state index contributed by atoms with van der Waals surface area (Å²) in [7, 11) is 1.61. The van der Waals surface area contributed by atoms with E-state index < -0.39 is 0 Å². The number of hydrogen-bond acceptors (Lipinski definition) is 5. The number of aromatic nitrogens is 1. The Morgan fingerprint density at radius 1 is 1.40 bits per heavy atom. The lowest BCUT2D eigenvalue weighted by Gasteiger charge is -2.08. The van der Waals surface area contributed by atoms with Crippen LogP contribution in [0.1, 0.15) is 14.7 Å². The van der Waals surface area contributed by atoms with Crippen molar-refractivity contribution in [2.24, 2.45) is 0 Å². The number of thiazole rings is 1. The van der Waals surface area contributed by atoms with E-state index in [9.17, 15) is 4.79 Å². The molecular weight excluding hydrogens is 276 g/mol. The van der Waals surface area contributed by atoms with Crippen LogP contribution in [0.25, 0.3) is 0 Å².